The summed E-state index contributed by atoms with van der Waals surface area (Å²) in [5, 5.41) is 3.08. The molecule has 1 amide bonds. The molecule has 0 unspecified atom stereocenters. The van der Waals surface area contributed by atoms with Crippen LogP contribution in [0.4, 0.5) is 5.82 Å². The molecule has 5 nitrogen and oxygen atoms in total. The van der Waals surface area contributed by atoms with Gasteiger partial charge in [-0.1, -0.05) is 30.9 Å². The maximum Gasteiger partial charge on any atom is 0.309 e. The lowest BCUT2D eigenvalue weighted by atomic mass is 9.89. The maximum atomic E-state index is 12.0. The lowest BCUT2D eigenvalue weighted by molar-refractivity contribution is -0.158. The molecule has 0 saturated heterocycles. The highest BCUT2D eigenvalue weighted by Crippen LogP contribution is 2.25. The Kier molecular flexibility index (Phi) is 5.56. The first kappa shape index (κ1) is 15.8. The minimum atomic E-state index is -0.836. The fourth-order valence-electron chi connectivity index (χ4n) is 2.34. The molecule has 21 heavy (non-hydrogen) atoms. The minimum absolute atomic E-state index is 0.0670. The zero-order valence-corrected chi connectivity index (χ0v) is 12.7. The molecule has 0 aliphatic heterocycles. The Morgan fingerprint density at radius 1 is 1.33 bits per heavy atom. The van der Waals surface area contributed by atoms with E-state index >= 15 is 0 Å². The van der Waals surface area contributed by atoms with Crippen LogP contribution >= 0.6 is 11.6 Å². The number of hydrogen-bond acceptors (Lipinski definition) is 4. The van der Waals surface area contributed by atoms with Crippen molar-refractivity contribution in [1.29, 1.82) is 0 Å². The topological polar surface area (TPSA) is 68.3 Å². The zero-order chi connectivity index (χ0) is 15.2. The molecule has 114 valence electrons. The maximum absolute atomic E-state index is 12.0. The Morgan fingerprint density at radius 3 is 2.67 bits per heavy atom. The second kappa shape index (κ2) is 7.41. The van der Waals surface area contributed by atoms with Crippen molar-refractivity contribution < 1.29 is 14.3 Å². The number of carbonyl (C=O) groups excluding carboxylic acids is 2. The normalized spacial score (nSPS) is 17.0. The van der Waals surface area contributed by atoms with Gasteiger partial charge in [0.15, 0.2) is 6.10 Å². The van der Waals surface area contributed by atoms with Crippen LogP contribution in [0.15, 0.2) is 18.3 Å². The molecule has 1 saturated carbocycles. The monoisotopic (exact) mass is 310 g/mol. The van der Waals surface area contributed by atoms with E-state index < -0.39 is 12.0 Å². The van der Waals surface area contributed by atoms with Gasteiger partial charge in [-0.05, 0) is 31.9 Å². The van der Waals surface area contributed by atoms with Crippen LogP contribution in [0.1, 0.15) is 39.0 Å². The van der Waals surface area contributed by atoms with Crippen molar-refractivity contribution in [3.05, 3.63) is 23.4 Å². The van der Waals surface area contributed by atoms with Gasteiger partial charge in [-0.15, -0.1) is 0 Å². The van der Waals surface area contributed by atoms with Crippen molar-refractivity contribution in [2.75, 3.05) is 5.32 Å². The smallest absolute Gasteiger partial charge is 0.309 e. The van der Waals surface area contributed by atoms with Gasteiger partial charge in [-0.25, -0.2) is 4.98 Å². The summed E-state index contributed by atoms with van der Waals surface area (Å²) in [6.07, 6.45) is 5.58. The molecule has 2 rings (SSSR count). The zero-order valence-electron chi connectivity index (χ0n) is 12.0. The van der Waals surface area contributed by atoms with E-state index in [4.69, 9.17) is 16.3 Å². The summed E-state index contributed by atoms with van der Waals surface area (Å²) in [5.41, 5.74) is 0. The molecule has 1 aliphatic carbocycles. The van der Waals surface area contributed by atoms with Crippen molar-refractivity contribution in [3.63, 3.8) is 0 Å². The van der Waals surface area contributed by atoms with E-state index in [9.17, 15) is 9.59 Å². The summed E-state index contributed by atoms with van der Waals surface area (Å²) in [7, 11) is 0. The van der Waals surface area contributed by atoms with Crippen LogP contribution in [0.2, 0.25) is 5.02 Å². The molecule has 1 fully saturated rings. The van der Waals surface area contributed by atoms with Gasteiger partial charge in [0, 0.05) is 6.20 Å². The minimum Gasteiger partial charge on any atom is -0.452 e. The molecular weight excluding hydrogens is 292 g/mol. The number of aromatic nitrogens is 1. The average molecular weight is 311 g/mol. The highest BCUT2D eigenvalue weighted by molar-refractivity contribution is 6.30. The second-order valence-electron chi connectivity index (χ2n) is 5.26. The van der Waals surface area contributed by atoms with Gasteiger partial charge in [0.05, 0.1) is 10.9 Å². The van der Waals surface area contributed by atoms with Gasteiger partial charge in [0.25, 0.3) is 5.91 Å². The fourth-order valence-corrected chi connectivity index (χ4v) is 2.45. The largest absolute Gasteiger partial charge is 0.452 e. The van der Waals surface area contributed by atoms with Crippen LogP contribution in [0.5, 0.6) is 0 Å². The van der Waals surface area contributed by atoms with E-state index in [1.807, 2.05) is 0 Å². The van der Waals surface area contributed by atoms with E-state index in [-0.39, 0.29) is 11.9 Å². The molecule has 1 N–H and O–H groups in total. The Balaban J connectivity index is 1.84. The van der Waals surface area contributed by atoms with E-state index in [2.05, 4.69) is 10.3 Å². The first-order chi connectivity index (χ1) is 10.1. The second-order valence-corrected chi connectivity index (χ2v) is 5.70. The van der Waals surface area contributed by atoms with Gasteiger partial charge in [-0.2, -0.15) is 0 Å². The number of halogens is 1. The molecule has 1 heterocycles. The number of hydrogen-bond donors (Lipinski definition) is 1. The molecule has 1 aromatic rings. The summed E-state index contributed by atoms with van der Waals surface area (Å²) in [6.45, 7) is 1.56. The summed E-state index contributed by atoms with van der Waals surface area (Å²) >= 11 is 5.72. The fraction of sp³-hybridized carbons (Fsp3) is 0.533. The predicted molar refractivity (Wildman–Crippen MR) is 80.0 cm³/mol. The van der Waals surface area contributed by atoms with Crippen molar-refractivity contribution in [1.82, 2.24) is 4.98 Å². The molecule has 0 spiro atoms. The first-order valence-corrected chi connectivity index (χ1v) is 7.57. The van der Waals surface area contributed by atoms with Crippen LogP contribution in [0.3, 0.4) is 0 Å². The van der Waals surface area contributed by atoms with Crippen molar-refractivity contribution in [2.24, 2.45) is 5.92 Å². The highest BCUT2D eigenvalue weighted by Gasteiger charge is 2.26. The lowest BCUT2D eigenvalue weighted by Crippen LogP contribution is -2.33. The Morgan fingerprint density at radius 2 is 2.05 bits per heavy atom. The van der Waals surface area contributed by atoms with Crippen LogP contribution in [0, 0.1) is 5.92 Å². The molecular formula is C15H19ClN2O3. The van der Waals surface area contributed by atoms with Gasteiger partial charge in [0.2, 0.25) is 0 Å². The van der Waals surface area contributed by atoms with Crippen molar-refractivity contribution in [3.8, 4) is 0 Å². The molecule has 1 aromatic heterocycles. The molecule has 6 heteroatoms. The summed E-state index contributed by atoms with van der Waals surface area (Å²) < 4.78 is 5.24. The van der Waals surface area contributed by atoms with Crippen LogP contribution < -0.4 is 5.32 Å². The number of carbonyl (C=O) groups is 2. The quantitative estimate of drug-likeness (QED) is 0.867. The summed E-state index contributed by atoms with van der Waals surface area (Å²) in [6, 6.07) is 3.22. The van der Waals surface area contributed by atoms with Gasteiger partial charge in [0.1, 0.15) is 5.82 Å². The highest BCUT2D eigenvalue weighted by atomic mass is 35.5. The lowest BCUT2D eigenvalue weighted by Gasteiger charge is -2.22. The van der Waals surface area contributed by atoms with E-state index in [1.165, 1.54) is 12.6 Å². The molecule has 0 aromatic carbocycles. The number of amides is 1. The Hall–Kier alpha value is -1.62. The number of ether oxygens (including phenoxy) is 1. The van der Waals surface area contributed by atoms with Gasteiger partial charge < -0.3 is 10.1 Å². The Bertz CT molecular complexity index is 498. The molecule has 1 atom stereocenters. The third kappa shape index (κ3) is 4.70. The van der Waals surface area contributed by atoms with Gasteiger partial charge >= 0.3 is 5.97 Å². The third-order valence-corrected chi connectivity index (χ3v) is 3.80. The SMILES string of the molecule is C[C@H](OC(=O)C1CCCCC1)C(=O)Nc1ccc(Cl)cn1. The standard InChI is InChI=1S/C15H19ClN2O3/c1-10(21-15(20)11-5-3-2-4-6-11)14(19)18-13-8-7-12(16)9-17-13/h7-11H,2-6H2,1H3,(H,17,18,19)/t10-/m0/s1. The van der Waals surface area contributed by atoms with Crippen LogP contribution in [-0.2, 0) is 14.3 Å². The number of nitrogens with zero attached hydrogens (tertiary/aromatic N) is 1. The number of anilines is 1. The molecule has 0 bridgehead atoms. The van der Waals surface area contributed by atoms with E-state index in [0.29, 0.717) is 10.8 Å². The first-order valence-electron chi connectivity index (χ1n) is 7.19. The van der Waals surface area contributed by atoms with Crippen LogP contribution in [0.25, 0.3) is 0 Å². The molecule has 0 radical (unpaired) electrons. The average Bonchev–Trinajstić information content (AvgIpc) is 2.50. The van der Waals surface area contributed by atoms with Crippen LogP contribution in [-0.4, -0.2) is 23.0 Å². The van der Waals surface area contributed by atoms with Crippen molar-refractivity contribution >= 4 is 29.3 Å². The third-order valence-electron chi connectivity index (χ3n) is 3.58. The number of esters is 1. The Labute approximate surface area is 129 Å². The number of nitrogens with one attached hydrogen (secondary N) is 1. The van der Waals surface area contributed by atoms with Gasteiger partial charge in [-0.3, -0.25) is 9.59 Å². The van der Waals surface area contributed by atoms with E-state index in [0.717, 1.165) is 25.7 Å². The number of pyridine rings is 1. The molecule has 1 aliphatic rings. The summed E-state index contributed by atoms with van der Waals surface area (Å²) in [4.78, 5) is 27.9. The predicted octanol–water partition coefficient (Wildman–Crippen LogP) is 3.19. The number of rotatable bonds is 4. The van der Waals surface area contributed by atoms with E-state index in [1.54, 1.807) is 19.1 Å². The summed E-state index contributed by atoms with van der Waals surface area (Å²) in [5.74, 6) is -0.358. The van der Waals surface area contributed by atoms with Crippen molar-refractivity contribution in [2.45, 2.75) is 45.1 Å².